The monoisotopic (exact) mass is 363 g/mol. The number of amides is 1. The van der Waals surface area contributed by atoms with Gasteiger partial charge >= 0.3 is 0 Å². The topological polar surface area (TPSA) is 95.0 Å². The van der Waals surface area contributed by atoms with Crippen molar-refractivity contribution in [1.82, 2.24) is 25.5 Å². The van der Waals surface area contributed by atoms with Crippen molar-refractivity contribution in [2.24, 2.45) is 4.99 Å². The normalized spacial score (nSPS) is 15.7. The summed E-state index contributed by atoms with van der Waals surface area (Å²) in [6, 6.07) is 2.11. The van der Waals surface area contributed by atoms with Crippen LogP contribution in [0.15, 0.2) is 23.5 Å². The molecule has 1 fully saturated rings. The van der Waals surface area contributed by atoms with E-state index in [1.165, 1.54) is 4.90 Å². The fourth-order valence-corrected chi connectivity index (χ4v) is 2.58. The SMILES string of the molecule is COCCNC(=NCC(=O)N(C)C)NC1CCN(c2ncccn2)CC1. The number of rotatable bonds is 7. The predicted octanol–water partition coefficient (Wildman–Crippen LogP) is -0.285. The number of hydrogen-bond acceptors (Lipinski definition) is 6. The standard InChI is InChI=1S/C17H29N7O2/c1-23(2)15(25)13-21-16(18-9-12-26-3)22-14-5-10-24(11-6-14)17-19-7-4-8-20-17/h4,7-8,14H,5-6,9-13H2,1-3H3,(H2,18,21,22). The second-order valence-corrected chi connectivity index (χ2v) is 6.33. The first-order valence-corrected chi connectivity index (χ1v) is 8.86. The molecular weight excluding hydrogens is 334 g/mol. The number of hydrogen-bond donors (Lipinski definition) is 2. The van der Waals surface area contributed by atoms with Gasteiger partial charge in [-0.15, -0.1) is 0 Å². The highest BCUT2D eigenvalue weighted by Gasteiger charge is 2.21. The molecule has 0 atom stereocenters. The number of guanidine groups is 1. The molecule has 1 aromatic heterocycles. The average Bonchev–Trinajstić information content (AvgIpc) is 2.67. The van der Waals surface area contributed by atoms with Crippen LogP contribution in [0.5, 0.6) is 0 Å². The summed E-state index contributed by atoms with van der Waals surface area (Å²) < 4.78 is 5.07. The second kappa shape index (κ2) is 10.5. The molecule has 26 heavy (non-hydrogen) atoms. The summed E-state index contributed by atoms with van der Waals surface area (Å²) in [6.07, 6.45) is 5.42. The van der Waals surface area contributed by atoms with E-state index in [0.29, 0.717) is 25.2 Å². The Hall–Kier alpha value is -2.42. The Kier molecular flexibility index (Phi) is 8.07. The quantitative estimate of drug-likeness (QED) is 0.391. The van der Waals surface area contributed by atoms with Gasteiger partial charge in [-0.2, -0.15) is 0 Å². The molecule has 144 valence electrons. The first-order chi connectivity index (χ1) is 12.6. The van der Waals surface area contributed by atoms with E-state index in [9.17, 15) is 4.79 Å². The molecule has 9 nitrogen and oxygen atoms in total. The minimum atomic E-state index is -0.0334. The molecule has 2 heterocycles. The van der Waals surface area contributed by atoms with Crippen LogP contribution in [-0.2, 0) is 9.53 Å². The number of nitrogens with zero attached hydrogens (tertiary/aromatic N) is 5. The van der Waals surface area contributed by atoms with Gasteiger partial charge in [0.15, 0.2) is 5.96 Å². The molecular formula is C17H29N7O2. The maximum Gasteiger partial charge on any atom is 0.243 e. The molecule has 2 rings (SSSR count). The number of nitrogens with one attached hydrogen (secondary N) is 2. The van der Waals surface area contributed by atoms with Crippen LogP contribution < -0.4 is 15.5 Å². The van der Waals surface area contributed by atoms with Crippen molar-refractivity contribution in [3.8, 4) is 0 Å². The Balaban J connectivity index is 1.87. The first-order valence-electron chi connectivity index (χ1n) is 8.86. The Morgan fingerprint density at radius 3 is 2.65 bits per heavy atom. The van der Waals surface area contributed by atoms with Gasteiger partial charge < -0.3 is 25.2 Å². The Morgan fingerprint density at radius 1 is 1.35 bits per heavy atom. The molecule has 0 unspecified atom stereocenters. The summed E-state index contributed by atoms with van der Waals surface area (Å²) in [5.41, 5.74) is 0. The van der Waals surface area contributed by atoms with Gasteiger partial charge in [0, 0.05) is 59.3 Å². The zero-order chi connectivity index (χ0) is 18.8. The van der Waals surface area contributed by atoms with E-state index in [1.807, 2.05) is 6.07 Å². The molecule has 1 aliphatic rings. The van der Waals surface area contributed by atoms with Crippen molar-refractivity contribution in [2.45, 2.75) is 18.9 Å². The van der Waals surface area contributed by atoms with Crippen LogP contribution in [0.2, 0.25) is 0 Å². The summed E-state index contributed by atoms with van der Waals surface area (Å²) in [5.74, 6) is 1.38. The lowest BCUT2D eigenvalue weighted by Gasteiger charge is -2.33. The smallest absolute Gasteiger partial charge is 0.243 e. The van der Waals surface area contributed by atoms with Gasteiger partial charge in [0.1, 0.15) is 6.54 Å². The molecule has 1 saturated heterocycles. The zero-order valence-electron chi connectivity index (χ0n) is 15.8. The minimum absolute atomic E-state index is 0.0334. The highest BCUT2D eigenvalue weighted by atomic mass is 16.5. The van der Waals surface area contributed by atoms with E-state index in [0.717, 1.165) is 31.9 Å². The van der Waals surface area contributed by atoms with Gasteiger partial charge in [-0.25, -0.2) is 15.0 Å². The highest BCUT2D eigenvalue weighted by Crippen LogP contribution is 2.15. The summed E-state index contributed by atoms with van der Waals surface area (Å²) in [4.78, 5) is 28.5. The number of piperidine rings is 1. The number of carbonyl (C=O) groups is 1. The summed E-state index contributed by atoms with van der Waals surface area (Å²) in [6.45, 7) is 3.08. The lowest BCUT2D eigenvalue weighted by molar-refractivity contribution is -0.127. The third-order valence-electron chi connectivity index (χ3n) is 4.14. The average molecular weight is 363 g/mol. The molecule has 1 aromatic rings. The van der Waals surface area contributed by atoms with Crippen molar-refractivity contribution < 1.29 is 9.53 Å². The second-order valence-electron chi connectivity index (χ2n) is 6.33. The molecule has 1 aliphatic heterocycles. The molecule has 2 N–H and O–H groups in total. The van der Waals surface area contributed by atoms with Crippen LogP contribution in [0.3, 0.4) is 0 Å². The van der Waals surface area contributed by atoms with Crippen LogP contribution in [0.1, 0.15) is 12.8 Å². The molecule has 0 radical (unpaired) electrons. The van der Waals surface area contributed by atoms with E-state index < -0.39 is 0 Å². The lowest BCUT2D eigenvalue weighted by atomic mass is 10.1. The van der Waals surface area contributed by atoms with E-state index >= 15 is 0 Å². The molecule has 0 bridgehead atoms. The lowest BCUT2D eigenvalue weighted by Crippen LogP contribution is -2.49. The Labute approximate surface area is 154 Å². The van der Waals surface area contributed by atoms with E-state index in [-0.39, 0.29) is 12.5 Å². The van der Waals surface area contributed by atoms with Gasteiger partial charge in [-0.1, -0.05) is 0 Å². The number of ether oxygens (including phenoxy) is 1. The van der Waals surface area contributed by atoms with Crippen LogP contribution in [-0.4, -0.2) is 86.8 Å². The van der Waals surface area contributed by atoms with Crippen LogP contribution in [0.4, 0.5) is 5.95 Å². The third kappa shape index (κ3) is 6.47. The minimum Gasteiger partial charge on any atom is -0.383 e. The maximum absolute atomic E-state index is 11.8. The molecule has 1 amide bonds. The van der Waals surface area contributed by atoms with Crippen LogP contribution in [0, 0.1) is 0 Å². The fourth-order valence-electron chi connectivity index (χ4n) is 2.58. The van der Waals surface area contributed by atoms with E-state index in [2.05, 4.69) is 30.5 Å². The predicted molar refractivity (Wildman–Crippen MR) is 101 cm³/mol. The van der Waals surface area contributed by atoms with Gasteiger partial charge in [-0.3, -0.25) is 4.79 Å². The molecule has 0 aromatic carbocycles. The zero-order valence-corrected chi connectivity index (χ0v) is 15.8. The molecule has 0 spiro atoms. The molecule has 0 aliphatic carbocycles. The number of methoxy groups -OCH3 is 1. The summed E-state index contributed by atoms with van der Waals surface area (Å²) >= 11 is 0. The summed E-state index contributed by atoms with van der Waals surface area (Å²) in [5, 5.41) is 6.64. The van der Waals surface area contributed by atoms with Crippen molar-refractivity contribution >= 4 is 17.8 Å². The maximum atomic E-state index is 11.8. The Morgan fingerprint density at radius 2 is 2.04 bits per heavy atom. The van der Waals surface area contributed by atoms with Crippen LogP contribution in [0.25, 0.3) is 0 Å². The molecule has 9 heteroatoms. The van der Waals surface area contributed by atoms with Gasteiger partial charge in [-0.05, 0) is 18.9 Å². The summed E-state index contributed by atoms with van der Waals surface area (Å²) in [7, 11) is 5.11. The fraction of sp³-hybridized carbons (Fsp3) is 0.647. The van der Waals surface area contributed by atoms with Gasteiger partial charge in [0.05, 0.1) is 6.61 Å². The van der Waals surface area contributed by atoms with Crippen molar-refractivity contribution in [2.75, 3.05) is 58.9 Å². The number of anilines is 1. The number of carbonyl (C=O) groups excluding carboxylic acids is 1. The third-order valence-corrected chi connectivity index (χ3v) is 4.14. The number of aliphatic imine (C=N–C) groups is 1. The highest BCUT2D eigenvalue weighted by molar-refractivity contribution is 5.84. The number of likely N-dealkylation sites (N-methyl/N-ethyl adjacent to an activating group) is 1. The molecule has 0 saturated carbocycles. The first kappa shape index (κ1) is 19.9. The van der Waals surface area contributed by atoms with Crippen molar-refractivity contribution in [3.63, 3.8) is 0 Å². The van der Waals surface area contributed by atoms with Gasteiger partial charge in [0.25, 0.3) is 0 Å². The van der Waals surface area contributed by atoms with E-state index in [4.69, 9.17) is 4.74 Å². The van der Waals surface area contributed by atoms with Crippen molar-refractivity contribution in [3.05, 3.63) is 18.5 Å². The van der Waals surface area contributed by atoms with Crippen molar-refractivity contribution in [1.29, 1.82) is 0 Å². The van der Waals surface area contributed by atoms with Gasteiger partial charge in [0.2, 0.25) is 11.9 Å². The van der Waals surface area contributed by atoms with Crippen LogP contribution >= 0.6 is 0 Å². The largest absolute Gasteiger partial charge is 0.383 e. The number of aromatic nitrogens is 2. The Bertz CT molecular complexity index is 572. The van der Waals surface area contributed by atoms with E-state index in [1.54, 1.807) is 33.6 Å².